The monoisotopic (exact) mass is 261 g/mol. The molecule has 3 rings (SSSR count). The highest BCUT2D eigenvalue weighted by Gasteiger charge is 2.12. The van der Waals surface area contributed by atoms with Crippen LogP contribution in [0.4, 0.5) is 10.2 Å². The van der Waals surface area contributed by atoms with E-state index in [0.717, 1.165) is 13.0 Å². The van der Waals surface area contributed by atoms with Gasteiger partial charge in [-0.1, -0.05) is 6.92 Å². The van der Waals surface area contributed by atoms with Gasteiger partial charge in [-0.25, -0.2) is 23.7 Å². The Morgan fingerprint density at radius 2 is 2.32 bits per heavy atom. The van der Waals surface area contributed by atoms with E-state index in [2.05, 4.69) is 20.5 Å². The van der Waals surface area contributed by atoms with Crippen molar-refractivity contribution in [2.75, 3.05) is 11.9 Å². The third-order valence-corrected chi connectivity index (χ3v) is 2.84. The molecule has 2 aromatic heterocycles. The molecule has 2 N–H and O–H groups in total. The first kappa shape index (κ1) is 11.6. The minimum Gasteiger partial charge on any atom is -0.367 e. The second-order valence-corrected chi connectivity index (χ2v) is 4.21. The van der Waals surface area contributed by atoms with E-state index in [0.29, 0.717) is 22.5 Å². The molecule has 2 heterocycles. The molecule has 0 aliphatic heterocycles. The molecule has 98 valence electrons. The van der Waals surface area contributed by atoms with Gasteiger partial charge in [0.05, 0.1) is 11.0 Å². The van der Waals surface area contributed by atoms with Crippen LogP contribution in [0.25, 0.3) is 16.7 Å². The number of halogens is 1. The molecule has 0 aliphatic carbocycles. The summed E-state index contributed by atoms with van der Waals surface area (Å²) in [5.41, 5.74) is 0.899. The highest BCUT2D eigenvalue weighted by atomic mass is 19.1. The first-order valence-electron chi connectivity index (χ1n) is 6.01. The summed E-state index contributed by atoms with van der Waals surface area (Å²) in [6.45, 7) is 2.74. The van der Waals surface area contributed by atoms with Gasteiger partial charge in [-0.05, 0) is 18.6 Å². The Balaban J connectivity index is 2.38. The zero-order valence-corrected chi connectivity index (χ0v) is 10.3. The predicted molar refractivity (Wildman–Crippen MR) is 69.9 cm³/mol. The average molecular weight is 261 g/mol. The molecule has 0 atom stereocenters. The fraction of sp³-hybridized carbons (Fsp3) is 0.250. The van der Waals surface area contributed by atoms with Gasteiger partial charge in [0.1, 0.15) is 5.82 Å². The Morgan fingerprint density at radius 1 is 1.47 bits per heavy atom. The molecular weight excluding hydrogens is 249 g/mol. The minimum atomic E-state index is -0.419. The van der Waals surface area contributed by atoms with Gasteiger partial charge >= 0.3 is 5.69 Å². The largest absolute Gasteiger partial charge is 0.367 e. The van der Waals surface area contributed by atoms with Crippen molar-refractivity contribution in [2.24, 2.45) is 0 Å². The number of aromatic amines is 1. The fourth-order valence-corrected chi connectivity index (χ4v) is 1.98. The van der Waals surface area contributed by atoms with E-state index in [1.807, 2.05) is 6.92 Å². The SMILES string of the molecule is CCCNc1nc2ccc(F)cc2n2c(=O)[nH]nc12. The van der Waals surface area contributed by atoms with E-state index >= 15 is 0 Å². The summed E-state index contributed by atoms with van der Waals surface area (Å²) in [5, 5.41) is 9.40. The maximum atomic E-state index is 13.3. The maximum Gasteiger partial charge on any atom is 0.348 e. The molecule has 0 aliphatic rings. The molecule has 1 aromatic carbocycles. The maximum absolute atomic E-state index is 13.3. The van der Waals surface area contributed by atoms with Crippen molar-refractivity contribution >= 4 is 22.5 Å². The van der Waals surface area contributed by atoms with Crippen LogP contribution in [0.5, 0.6) is 0 Å². The standard InChI is InChI=1S/C12H12FN5O/c1-2-5-14-10-11-16-17-12(19)18(11)9-6-7(13)3-4-8(9)15-10/h3-4,6H,2,5H2,1H3,(H,14,15)(H,17,19). The predicted octanol–water partition coefficient (Wildman–Crippen LogP) is 1.53. The van der Waals surface area contributed by atoms with Gasteiger partial charge in [0.25, 0.3) is 0 Å². The number of nitrogens with one attached hydrogen (secondary N) is 2. The number of nitrogens with zero attached hydrogens (tertiary/aromatic N) is 3. The molecule has 0 spiro atoms. The number of fused-ring (bicyclic) bond motifs is 3. The van der Waals surface area contributed by atoms with Gasteiger partial charge in [0, 0.05) is 12.6 Å². The third kappa shape index (κ3) is 1.83. The Labute approximate surface area is 107 Å². The lowest BCUT2D eigenvalue weighted by atomic mass is 10.3. The van der Waals surface area contributed by atoms with E-state index < -0.39 is 11.5 Å². The van der Waals surface area contributed by atoms with Crippen molar-refractivity contribution in [3.8, 4) is 0 Å². The van der Waals surface area contributed by atoms with Gasteiger partial charge in [0.2, 0.25) is 5.65 Å². The molecule has 6 nitrogen and oxygen atoms in total. The Morgan fingerprint density at radius 3 is 3.11 bits per heavy atom. The van der Waals surface area contributed by atoms with Crippen LogP contribution in [0.15, 0.2) is 23.0 Å². The Hall–Kier alpha value is -2.44. The van der Waals surface area contributed by atoms with Crippen LogP contribution in [0.1, 0.15) is 13.3 Å². The van der Waals surface area contributed by atoms with Gasteiger partial charge < -0.3 is 5.32 Å². The van der Waals surface area contributed by atoms with E-state index in [9.17, 15) is 9.18 Å². The zero-order chi connectivity index (χ0) is 13.4. The normalized spacial score (nSPS) is 11.3. The molecule has 0 saturated carbocycles. The molecule has 0 bridgehead atoms. The molecule has 7 heteroatoms. The number of H-pyrrole nitrogens is 1. The van der Waals surface area contributed by atoms with Gasteiger partial charge in [-0.2, -0.15) is 0 Å². The lowest BCUT2D eigenvalue weighted by Gasteiger charge is -2.07. The molecule has 0 fully saturated rings. The second kappa shape index (κ2) is 4.34. The molecule has 0 amide bonds. The quantitative estimate of drug-likeness (QED) is 0.749. The van der Waals surface area contributed by atoms with Gasteiger partial charge in [-0.15, -0.1) is 5.10 Å². The highest BCUT2D eigenvalue weighted by Crippen LogP contribution is 2.19. The smallest absolute Gasteiger partial charge is 0.348 e. The number of hydrogen-bond donors (Lipinski definition) is 2. The number of anilines is 1. The average Bonchev–Trinajstić information content (AvgIpc) is 2.79. The van der Waals surface area contributed by atoms with Crippen molar-refractivity contribution in [3.63, 3.8) is 0 Å². The van der Waals surface area contributed by atoms with Crippen LogP contribution in [-0.4, -0.2) is 26.1 Å². The summed E-state index contributed by atoms with van der Waals surface area (Å²) in [7, 11) is 0. The summed E-state index contributed by atoms with van der Waals surface area (Å²) in [6, 6.07) is 4.13. The van der Waals surface area contributed by atoms with Crippen LogP contribution in [0.2, 0.25) is 0 Å². The summed E-state index contributed by atoms with van der Waals surface area (Å²) in [6.07, 6.45) is 0.921. The number of benzene rings is 1. The molecule has 0 unspecified atom stereocenters. The first-order valence-corrected chi connectivity index (χ1v) is 6.01. The van der Waals surface area contributed by atoms with Crippen molar-refractivity contribution in [1.29, 1.82) is 0 Å². The lowest BCUT2D eigenvalue weighted by molar-refractivity contribution is 0.629. The summed E-state index contributed by atoms with van der Waals surface area (Å²) >= 11 is 0. The topological polar surface area (TPSA) is 75.1 Å². The molecule has 0 radical (unpaired) electrons. The van der Waals surface area contributed by atoms with Crippen LogP contribution < -0.4 is 11.0 Å². The summed E-state index contributed by atoms with van der Waals surface area (Å²) in [5.74, 6) is 0.0947. The van der Waals surface area contributed by atoms with Gasteiger partial charge in [0.15, 0.2) is 5.82 Å². The third-order valence-electron chi connectivity index (χ3n) is 2.84. The lowest BCUT2D eigenvalue weighted by Crippen LogP contribution is -2.12. The van der Waals surface area contributed by atoms with Crippen molar-refractivity contribution in [1.82, 2.24) is 19.6 Å². The summed E-state index contributed by atoms with van der Waals surface area (Å²) in [4.78, 5) is 16.2. The van der Waals surface area contributed by atoms with Gasteiger partial charge in [-0.3, -0.25) is 0 Å². The van der Waals surface area contributed by atoms with Crippen LogP contribution >= 0.6 is 0 Å². The molecule has 19 heavy (non-hydrogen) atoms. The highest BCUT2D eigenvalue weighted by molar-refractivity contribution is 5.82. The minimum absolute atomic E-state index is 0.372. The zero-order valence-electron chi connectivity index (χ0n) is 10.3. The van der Waals surface area contributed by atoms with Crippen LogP contribution in [0, 0.1) is 5.82 Å². The number of hydrogen-bond acceptors (Lipinski definition) is 4. The van der Waals surface area contributed by atoms with E-state index in [1.165, 1.54) is 16.5 Å². The molecule has 0 saturated heterocycles. The van der Waals surface area contributed by atoms with Crippen molar-refractivity contribution < 1.29 is 4.39 Å². The van der Waals surface area contributed by atoms with Crippen LogP contribution in [0.3, 0.4) is 0 Å². The Kier molecular flexibility index (Phi) is 2.66. The van der Waals surface area contributed by atoms with Crippen LogP contribution in [-0.2, 0) is 0 Å². The van der Waals surface area contributed by atoms with E-state index in [4.69, 9.17) is 0 Å². The Bertz CT molecular complexity index is 807. The number of rotatable bonds is 3. The van der Waals surface area contributed by atoms with E-state index in [-0.39, 0.29) is 0 Å². The molecule has 3 aromatic rings. The fourth-order valence-electron chi connectivity index (χ4n) is 1.98. The van der Waals surface area contributed by atoms with E-state index in [1.54, 1.807) is 6.07 Å². The van der Waals surface area contributed by atoms with Crippen molar-refractivity contribution in [2.45, 2.75) is 13.3 Å². The second-order valence-electron chi connectivity index (χ2n) is 4.21. The molecular formula is C12H12FN5O. The first-order chi connectivity index (χ1) is 9.20. The summed E-state index contributed by atoms with van der Waals surface area (Å²) < 4.78 is 14.6. The van der Waals surface area contributed by atoms with Crippen molar-refractivity contribution in [3.05, 3.63) is 34.5 Å². The number of aromatic nitrogens is 4.